The highest BCUT2D eigenvalue weighted by molar-refractivity contribution is 7.89. The molecule has 3 N–H and O–H groups in total. The van der Waals surface area contributed by atoms with Crippen molar-refractivity contribution >= 4 is 10.0 Å². The van der Waals surface area contributed by atoms with E-state index in [0.717, 1.165) is 12.8 Å². The van der Waals surface area contributed by atoms with Gasteiger partial charge >= 0.3 is 0 Å². The van der Waals surface area contributed by atoms with Gasteiger partial charge in [-0.25, -0.2) is 13.1 Å². The molecule has 0 aliphatic heterocycles. The van der Waals surface area contributed by atoms with Crippen molar-refractivity contribution in [3.05, 3.63) is 0 Å². The van der Waals surface area contributed by atoms with E-state index in [2.05, 4.69) is 11.6 Å². The third-order valence-electron chi connectivity index (χ3n) is 2.16. The zero-order valence-corrected chi connectivity index (χ0v) is 8.10. The molecule has 0 aromatic heterocycles. The summed E-state index contributed by atoms with van der Waals surface area (Å²) >= 11 is 0. The van der Waals surface area contributed by atoms with Crippen LogP contribution >= 0.6 is 0 Å². The lowest BCUT2D eigenvalue weighted by atomic mass is 10.3. The number of hydrogen-bond acceptors (Lipinski definition) is 3. The molecule has 0 aromatic rings. The summed E-state index contributed by atoms with van der Waals surface area (Å²) in [4.78, 5) is 0. The molecular weight excluding hydrogens is 176 g/mol. The van der Waals surface area contributed by atoms with Crippen LogP contribution in [0.5, 0.6) is 0 Å². The van der Waals surface area contributed by atoms with Crippen molar-refractivity contribution < 1.29 is 8.42 Å². The van der Waals surface area contributed by atoms with Gasteiger partial charge in [0.05, 0.1) is 5.75 Å². The van der Waals surface area contributed by atoms with Gasteiger partial charge in [-0.15, -0.1) is 0 Å². The van der Waals surface area contributed by atoms with Gasteiger partial charge in [0.1, 0.15) is 0 Å². The number of sulfonamides is 1. The highest BCUT2D eigenvalue weighted by atomic mass is 32.2. The van der Waals surface area contributed by atoms with Gasteiger partial charge in [-0.05, 0) is 12.3 Å². The molecule has 0 aromatic carbocycles. The second-order valence-corrected chi connectivity index (χ2v) is 5.11. The van der Waals surface area contributed by atoms with Gasteiger partial charge in [-0.2, -0.15) is 0 Å². The number of hydrogen-bond donors (Lipinski definition) is 2. The van der Waals surface area contributed by atoms with E-state index in [0.29, 0.717) is 5.92 Å². The first-order chi connectivity index (χ1) is 5.59. The number of nitrogens with one attached hydrogen (secondary N) is 1. The highest BCUT2D eigenvalue weighted by Gasteiger charge is 2.37. The summed E-state index contributed by atoms with van der Waals surface area (Å²) in [6.07, 6.45) is 2.04. The first-order valence-corrected chi connectivity index (χ1v) is 5.94. The minimum absolute atomic E-state index is 0.0416. The smallest absolute Gasteiger partial charge is 0.213 e. The van der Waals surface area contributed by atoms with Crippen LogP contribution in [-0.4, -0.2) is 26.8 Å². The van der Waals surface area contributed by atoms with Crippen molar-refractivity contribution in [3.8, 4) is 0 Å². The number of nitrogens with two attached hydrogens (primary N) is 1. The Labute approximate surface area is 73.6 Å². The molecule has 1 aliphatic rings. The van der Waals surface area contributed by atoms with Crippen LogP contribution in [-0.2, 0) is 10.0 Å². The Hall–Kier alpha value is -0.130. The molecule has 1 fully saturated rings. The van der Waals surface area contributed by atoms with E-state index in [1.807, 2.05) is 0 Å². The fourth-order valence-corrected chi connectivity index (χ4v) is 2.47. The maximum atomic E-state index is 11.2. The lowest BCUT2D eigenvalue weighted by Gasteiger charge is -2.03. The normalized spacial score (nSPS) is 28.8. The Morgan fingerprint density at radius 2 is 2.25 bits per heavy atom. The minimum atomic E-state index is -3.09. The van der Waals surface area contributed by atoms with Crippen LogP contribution < -0.4 is 10.5 Å². The molecular formula is C7H16N2O2S. The lowest BCUT2D eigenvalue weighted by Crippen LogP contribution is -2.32. The average molecular weight is 192 g/mol. The van der Waals surface area contributed by atoms with Crippen molar-refractivity contribution in [1.82, 2.24) is 4.72 Å². The predicted octanol–water partition coefficient (Wildman–Crippen LogP) is -0.337. The molecule has 0 radical (unpaired) electrons. The number of rotatable bonds is 5. The Balaban J connectivity index is 2.32. The van der Waals surface area contributed by atoms with E-state index in [1.54, 1.807) is 0 Å². The van der Waals surface area contributed by atoms with Crippen molar-refractivity contribution in [1.29, 1.82) is 0 Å². The molecule has 5 heteroatoms. The Morgan fingerprint density at radius 1 is 1.58 bits per heavy atom. The summed E-state index contributed by atoms with van der Waals surface area (Å²) in [6.45, 7) is 2.26. The molecule has 1 aliphatic carbocycles. The Bertz CT molecular complexity index is 238. The van der Waals surface area contributed by atoms with Crippen LogP contribution in [0, 0.1) is 5.92 Å². The molecule has 0 heterocycles. The lowest BCUT2D eigenvalue weighted by molar-refractivity contribution is 0.576. The summed E-state index contributed by atoms with van der Waals surface area (Å²) in [7, 11) is -3.09. The Morgan fingerprint density at radius 3 is 2.67 bits per heavy atom. The zero-order chi connectivity index (χ0) is 9.19. The molecule has 1 rings (SSSR count). The summed E-state index contributed by atoms with van der Waals surface area (Å²) in [6, 6.07) is 0.187. The van der Waals surface area contributed by atoms with Crippen molar-refractivity contribution in [2.24, 2.45) is 11.7 Å². The molecule has 2 unspecified atom stereocenters. The van der Waals surface area contributed by atoms with Crippen molar-refractivity contribution in [2.45, 2.75) is 25.8 Å². The van der Waals surface area contributed by atoms with E-state index in [9.17, 15) is 8.42 Å². The predicted molar refractivity (Wildman–Crippen MR) is 48.2 cm³/mol. The molecule has 12 heavy (non-hydrogen) atoms. The minimum Gasteiger partial charge on any atom is -0.329 e. The first kappa shape index (κ1) is 9.95. The molecule has 72 valence electrons. The summed E-state index contributed by atoms with van der Waals surface area (Å²) in [5.74, 6) is 0.595. The van der Waals surface area contributed by atoms with Gasteiger partial charge in [0.25, 0.3) is 0 Å². The molecule has 0 spiro atoms. The quantitative estimate of drug-likeness (QED) is 0.626. The van der Waals surface area contributed by atoms with E-state index in [-0.39, 0.29) is 18.3 Å². The fourth-order valence-electron chi connectivity index (χ4n) is 1.29. The molecule has 1 saturated carbocycles. The van der Waals surface area contributed by atoms with Crippen LogP contribution in [0.4, 0.5) is 0 Å². The molecule has 0 saturated heterocycles. The fraction of sp³-hybridized carbons (Fsp3) is 1.00. The maximum absolute atomic E-state index is 11.2. The van der Waals surface area contributed by atoms with Gasteiger partial charge in [0.2, 0.25) is 10.0 Å². The first-order valence-electron chi connectivity index (χ1n) is 4.29. The van der Waals surface area contributed by atoms with Gasteiger partial charge in [-0.3, -0.25) is 0 Å². The van der Waals surface area contributed by atoms with Crippen LogP contribution in [0.1, 0.15) is 19.8 Å². The van der Waals surface area contributed by atoms with Crippen LogP contribution in [0.25, 0.3) is 0 Å². The van der Waals surface area contributed by atoms with Gasteiger partial charge in [0, 0.05) is 12.6 Å². The van der Waals surface area contributed by atoms with E-state index in [1.165, 1.54) is 0 Å². The maximum Gasteiger partial charge on any atom is 0.213 e. The van der Waals surface area contributed by atoms with Gasteiger partial charge < -0.3 is 5.73 Å². The summed E-state index contributed by atoms with van der Waals surface area (Å²) in [5, 5.41) is 0. The SMILES string of the molecule is CCC1CC1NS(=O)(=O)CCN. The van der Waals surface area contributed by atoms with Crippen molar-refractivity contribution in [2.75, 3.05) is 12.3 Å². The van der Waals surface area contributed by atoms with Crippen molar-refractivity contribution in [3.63, 3.8) is 0 Å². The standard InChI is InChI=1S/C7H16N2O2S/c1-2-6-5-7(6)9-12(10,11)4-3-8/h6-7,9H,2-5,8H2,1H3. The Kier molecular flexibility index (Phi) is 3.09. The van der Waals surface area contributed by atoms with E-state index in [4.69, 9.17) is 5.73 Å². The average Bonchev–Trinajstić information content (AvgIpc) is 2.66. The highest BCUT2D eigenvalue weighted by Crippen LogP contribution is 2.33. The largest absolute Gasteiger partial charge is 0.329 e. The monoisotopic (exact) mass is 192 g/mol. The second-order valence-electron chi connectivity index (χ2n) is 3.24. The van der Waals surface area contributed by atoms with Gasteiger partial charge in [0.15, 0.2) is 0 Å². The van der Waals surface area contributed by atoms with Crippen LogP contribution in [0.2, 0.25) is 0 Å². The molecule has 4 nitrogen and oxygen atoms in total. The van der Waals surface area contributed by atoms with Crippen LogP contribution in [0.3, 0.4) is 0 Å². The topological polar surface area (TPSA) is 72.2 Å². The van der Waals surface area contributed by atoms with Crippen LogP contribution in [0.15, 0.2) is 0 Å². The third kappa shape index (κ3) is 2.73. The molecule has 0 bridgehead atoms. The summed E-state index contributed by atoms with van der Waals surface area (Å²) < 4.78 is 24.9. The zero-order valence-electron chi connectivity index (χ0n) is 7.29. The summed E-state index contributed by atoms with van der Waals surface area (Å²) in [5.41, 5.74) is 5.16. The van der Waals surface area contributed by atoms with E-state index < -0.39 is 10.0 Å². The second kappa shape index (κ2) is 3.72. The third-order valence-corrected chi connectivity index (χ3v) is 3.60. The van der Waals surface area contributed by atoms with Gasteiger partial charge in [-0.1, -0.05) is 13.3 Å². The molecule has 0 amide bonds. The van der Waals surface area contributed by atoms with E-state index >= 15 is 0 Å². The molecule has 2 atom stereocenters.